The van der Waals surface area contributed by atoms with Gasteiger partial charge in [-0.25, -0.2) is 5.43 Å². The van der Waals surface area contributed by atoms with Crippen LogP contribution in [0.2, 0.25) is 0 Å². The fourth-order valence-corrected chi connectivity index (χ4v) is 5.80. The smallest absolute Gasteiger partial charge is 0.381 e. The van der Waals surface area contributed by atoms with E-state index in [4.69, 9.17) is 4.74 Å². The second-order valence-corrected chi connectivity index (χ2v) is 10.3. The molecular formula is C24H30F6N4O3. The lowest BCUT2D eigenvalue weighted by Crippen LogP contribution is -2.55. The average Bonchev–Trinajstić information content (AvgIpc) is 3.29. The molecule has 1 saturated heterocycles. The number of nitrogens with one attached hydrogen (secondary N) is 1. The van der Waals surface area contributed by atoms with Gasteiger partial charge in [0.25, 0.3) is 0 Å². The Bertz CT molecular complexity index is 1020. The Kier molecular flexibility index (Phi) is 7.50. The third-order valence-corrected chi connectivity index (χ3v) is 7.92. The number of hydrogen-bond acceptors (Lipinski definition) is 5. The zero-order valence-electron chi connectivity index (χ0n) is 20.6. The highest BCUT2D eigenvalue weighted by Crippen LogP contribution is 2.49. The first kappa shape index (κ1) is 27.6. The lowest BCUT2D eigenvalue weighted by atomic mass is 9.74. The Balaban J connectivity index is 1.58. The predicted molar refractivity (Wildman–Crippen MR) is 118 cm³/mol. The van der Waals surface area contributed by atoms with Gasteiger partial charge in [-0.05, 0) is 55.2 Å². The molecule has 2 amide bonds. The van der Waals surface area contributed by atoms with Crippen LogP contribution in [0.4, 0.5) is 26.3 Å². The van der Waals surface area contributed by atoms with E-state index in [-0.39, 0.29) is 64.3 Å². The number of ether oxygens (including phenoxy) is 1. The van der Waals surface area contributed by atoms with Gasteiger partial charge < -0.3 is 9.64 Å². The van der Waals surface area contributed by atoms with Gasteiger partial charge in [0.2, 0.25) is 5.91 Å². The largest absolute Gasteiger partial charge is 0.471 e. The zero-order chi connectivity index (χ0) is 27.2. The molecule has 2 fully saturated rings. The number of hydrazine groups is 1. The topological polar surface area (TPSA) is 74.8 Å². The van der Waals surface area contributed by atoms with Crippen molar-refractivity contribution in [2.45, 2.75) is 83.5 Å². The molecule has 13 heteroatoms. The van der Waals surface area contributed by atoms with Gasteiger partial charge in [-0.2, -0.15) is 26.3 Å². The third-order valence-electron chi connectivity index (χ3n) is 7.92. The Morgan fingerprint density at radius 1 is 1.11 bits per heavy atom. The van der Waals surface area contributed by atoms with Gasteiger partial charge in [-0.1, -0.05) is 13.8 Å². The number of rotatable bonds is 4. The number of fused-ring (bicyclic) bond motifs is 1. The molecule has 4 rings (SSSR count). The third kappa shape index (κ3) is 5.43. The van der Waals surface area contributed by atoms with Crippen LogP contribution in [0.1, 0.15) is 62.8 Å². The lowest BCUT2D eigenvalue weighted by Gasteiger charge is -2.42. The molecule has 0 unspecified atom stereocenters. The maximum Gasteiger partial charge on any atom is 0.471 e. The van der Waals surface area contributed by atoms with E-state index in [2.05, 4.69) is 10.4 Å². The van der Waals surface area contributed by atoms with Crippen molar-refractivity contribution in [2.75, 3.05) is 13.2 Å². The molecule has 1 saturated carbocycles. The summed E-state index contributed by atoms with van der Waals surface area (Å²) in [5.41, 5.74) is 1.63. The molecule has 7 nitrogen and oxygen atoms in total. The second kappa shape index (κ2) is 10.0. The Morgan fingerprint density at radius 3 is 2.38 bits per heavy atom. The number of alkyl halides is 6. The minimum atomic E-state index is -5.05. The van der Waals surface area contributed by atoms with Crippen LogP contribution in [0.15, 0.2) is 12.3 Å². The van der Waals surface area contributed by atoms with Crippen LogP contribution < -0.4 is 5.43 Å². The molecule has 0 spiro atoms. The van der Waals surface area contributed by atoms with Crippen molar-refractivity contribution in [1.29, 1.82) is 0 Å². The highest BCUT2D eigenvalue weighted by atomic mass is 19.4. The Labute approximate surface area is 210 Å². The van der Waals surface area contributed by atoms with Crippen molar-refractivity contribution in [3.63, 3.8) is 0 Å². The van der Waals surface area contributed by atoms with Crippen molar-refractivity contribution in [3.05, 3.63) is 29.1 Å². The fraction of sp³-hybridized carbons (Fsp3) is 0.708. The van der Waals surface area contributed by atoms with Gasteiger partial charge in [-0.3, -0.25) is 19.6 Å². The van der Waals surface area contributed by atoms with Gasteiger partial charge in [0.15, 0.2) is 0 Å². The van der Waals surface area contributed by atoms with Crippen LogP contribution in [0, 0.1) is 11.3 Å². The van der Waals surface area contributed by atoms with Crippen molar-refractivity contribution in [2.24, 2.45) is 11.3 Å². The number of carbonyl (C=O) groups is 2. The zero-order valence-corrected chi connectivity index (χ0v) is 20.6. The average molecular weight is 537 g/mol. The van der Waals surface area contributed by atoms with Crippen LogP contribution in [-0.2, 0) is 33.6 Å². The maximum atomic E-state index is 13.8. The van der Waals surface area contributed by atoms with Gasteiger partial charge in [0, 0.05) is 38.0 Å². The van der Waals surface area contributed by atoms with E-state index in [1.54, 1.807) is 13.8 Å². The molecular weight excluding hydrogens is 506 g/mol. The normalized spacial score (nSPS) is 25.3. The summed E-state index contributed by atoms with van der Waals surface area (Å²) in [5.74, 6) is -2.59. The summed E-state index contributed by atoms with van der Waals surface area (Å²) in [5, 5.41) is 1.26. The van der Waals surface area contributed by atoms with E-state index >= 15 is 0 Å². The molecule has 0 radical (unpaired) electrons. The summed E-state index contributed by atoms with van der Waals surface area (Å²) in [6.45, 7) is 4.05. The monoisotopic (exact) mass is 536 g/mol. The lowest BCUT2D eigenvalue weighted by molar-refractivity contribution is -0.192. The molecule has 206 valence electrons. The SMILES string of the molecule is CC(C)[C@]1(C(=O)N2Cc3cc(C(F)(F)F)ncc3CN2)CC[C@@H](N(C(=O)C(F)(F)F)C2CCOCC2)C1. The van der Waals surface area contributed by atoms with Crippen LogP contribution in [-0.4, -0.2) is 58.2 Å². The molecule has 3 aliphatic rings. The number of amides is 2. The summed E-state index contributed by atoms with van der Waals surface area (Å²) >= 11 is 0. The van der Waals surface area contributed by atoms with Crippen molar-refractivity contribution >= 4 is 11.8 Å². The van der Waals surface area contributed by atoms with E-state index in [0.29, 0.717) is 11.1 Å². The molecule has 0 bridgehead atoms. The highest BCUT2D eigenvalue weighted by molar-refractivity contribution is 5.85. The number of nitrogens with zero attached hydrogens (tertiary/aromatic N) is 3. The standard InChI is InChI=1S/C24H30F6N4O3/c1-14(2)22(20(35)33-13-15-9-19(23(25,26)27)31-11-16(15)12-32-33)6-3-18(10-22)34(21(36)24(28,29)30)17-4-7-37-8-5-17/h9,11,14,17-18,32H,3-8,10,12-13H2,1-2H3/t18-,22+/m1/s1. The van der Waals surface area contributed by atoms with E-state index in [0.717, 1.165) is 17.2 Å². The highest BCUT2D eigenvalue weighted by Gasteiger charge is 2.55. The summed E-state index contributed by atoms with van der Waals surface area (Å²) in [4.78, 5) is 30.7. The number of hydrogen-bond donors (Lipinski definition) is 1. The van der Waals surface area contributed by atoms with Crippen molar-refractivity contribution in [1.82, 2.24) is 20.3 Å². The van der Waals surface area contributed by atoms with E-state index in [1.807, 2.05) is 0 Å². The summed E-state index contributed by atoms with van der Waals surface area (Å²) < 4.78 is 85.5. The molecule has 2 atom stereocenters. The van der Waals surface area contributed by atoms with Gasteiger partial charge in [-0.15, -0.1) is 0 Å². The Morgan fingerprint density at radius 2 is 1.78 bits per heavy atom. The number of pyridine rings is 1. The number of aromatic nitrogens is 1. The second-order valence-electron chi connectivity index (χ2n) is 10.3. The molecule has 1 aromatic heterocycles. The predicted octanol–water partition coefficient (Wildman–Crippen LogP) is 4.21. The van der Waals surface area contributed by atoms with E-state index in [9.17, 15) is 35.9 Å². The van der Waals surface area contributed by atoms with Crippen molar-refractivity contribution in [3.8, 4) is 0 Å². The van der Waals surface area contributed by atoms with Crippen molar-refractivity contribution < 1.29 is 40.7 Å². The molecule has 37 heavy (non-hydrogen) atoms. The summed E-state index contributed by atoms with van der Waals surface area (Å²) in [6.07, 6.45) is -7.48. The minimum Gasteiger partial charge on any atom is -0.381 e. The maximum absolute atomic E-state index is 13.8. The van der Waals surface area contributed by atoms with Gasteiger partial charge in [0.1, 0.15) is 5.69 Å². The van der Waals surface area contributed by atoms with Crippen LogP contribution in [0.25, 0.3) is 0 Å². The van der Waals surface area contributed by atoms with Crippen LogP contribution in [0.5, 0.6) is 0 Å². The Hall–Kier alpha value is -2.41. The molecule has 1 N–H and O–H groups in total. The summed E-state index contributed by atoms with van der Waals surface area (Å²) in [7, 11) is 0. The molecule has 3 heterocycles. The quantitative estimate of drug-likeness (QED) is 0.584. The first-order valence-corrected chi connectivity index (χ1v) is 12.3. The van der Waals surface area contributed by atoms with E-state index in [1.165, 1.54) is 5.01 Å². The van der Waals surface area contributed by atoms with Gasteiger partial charge in [0.05, 0.1) is 12.0 Å². The minimum absolute atomic E-state index is 0.0395. The molecule has 0 aromatic carbocycles. The number of carbonyl (C=O) groups excluding carboxylic acids is 2. The van der Waals surface area contributed by atoms with E-state index < -0.39 is 47.4 Å². The first-order valence-electron chi connectivity index (χ1n) is 12.3. The van der Waals surface area contributed by atoms with Crippen LogP contribution in [0.3, 0.4) is 0 Å². The molecule has 1 aliphatic carbocycles. The summed E-state index contributed by atoms with van der Waals surface area (Å²) in [6, 6.07) is -0.508. The first-order chi connectivity index (χ1) is 17.2. The molecule has 2 aliphatic heterocycles. The van der Waals surface area contributed by atoms with Gasteiger partial charge >= 0.3 is 18.3 Å². The number of halogens is 6. The molecule has 1 aromatic rings. The van der Waals surface area contributed by atoms with Crippen LogP contribution >= 0.6 is 0 Å². The fourth-order valence-electron chi connectivity index (χ4n) is 5.80.